The van der Waals surface area contributed by atoms with E-state index in [0.29, 0.717) is 4.47 Å². The monoisotopic (exact) mass is 360 g/mol. The largest absolute Gasteiger partial charge is 0.248 e. The van der Waals surface area contributed by atoms with Gasteiger partial charge < -0.3 is 0 Å². The van der Waals surface area contributed by atoms with Gasteiger partial charge in [0.15, 0.2) is 0 Å². The Morgan fingerprint density at radius 2 is 2.16 bits per heavy atom. The van der Waals surface area contributed by atoms with Crippen LogP contribution in [0.4, 0.5) is 0 Å². The maximum atomic E-state index is 12.5. The van der Waals surface area contributed by atoms with E-state index in [4.69, 9.17) is 0 Å². The lowest BCUT2D eigenvalue weighted by atomic mass is 10.2. The zero-order valence-electron chi connectivity index (χ0n) is 10.5. The van der Waals surface area contributed by atoms with Gasteiger partial charge in [-0.05, 0) is 40.5 Å². The number of sulfonamides is 1. The second-order valence-electron chi connectivity index (χ2n) is 4.17. The molecule has 2 aromatic rings. The average Bonchev–Trinajstić information content (AvgIpc) is 2.81. The normalized spacial score (nSPS) is 12.0. The Kier molecular flexibility index (Phi) is 4.39. The molecule has 102 valence electrons. The van der Waals surface area contributed by atoms with Gasteiger partial charge in [0.05, 0.1) is 22.6 Å². The van der Waals surface area contributed by atoms with Crippen LogP contribution in [-0.4, -0.2) is 24.8 Å². The predicted octanol–water partition coefficient (Wildman–Crippen LogP) is 3.03. The van der Waals surface area contributed by atoms with Crippen molar-refractivity contribution in [3.63, 3.8) is 0 Å². The van der Waals surface area contributed by atoms with E-state index in [1.165, 1.54) is 15.6 Å². The summed E-state index contributed by atoms with van der Waals surface area (Å²) in [5.41, 5.74) is 3.45. The van der Waals surface area contributed by atoms with Crippen LogP contribution in [0.1, 0.15) is 11.3 Å². The molecular weight excluding hydrogens is 348 g/mol. The molecule has 1 heterocycles. The van der Waals surface area contributed by atoms with Gasteiger partial charge in [-0.15, -0.1) is 11.3 Å². The standard InChI is InChI=1S/C12H13BrN2O2S2/c1-9-3-4-12(11(13)5-9)19(16,17)15(2)6-10-7-18-8-14-10/h3-5,7-8H,6H2,1-2H3. The molecule has 0 spiro atoms. The highest BCUT2D eigenvalue weighted by Crippen LogP contribution is 2.26. The van der Waals surface area contributed by atoms with Crippen molar-refractivity contribution in [1.82, 2.24) is 9.29 Å². The maximum Gasteiger partial charge on any atom is 0.244 e. The lowest BCUT2D eigenvalue weighted by Crippen LogP contribution is -2.27. The van der Waals surface area contributed by atoms with E-state index >= 15 is 0 Å². The number of hydrogen-bond donors (Lipinski definition) is 0. The molecule has 4 nitrogen and oxygen atoms in total. The zero-order valence-corrected chi connectivity index (χ0v) is 13.7. The molecule has 0 saturated heterocycles. The molecule has 1 aromatic heterocycles. The van der Waals surface area contributed by atoms with Crippen LogP contribution in [0.15, 0.2) is 38.5 Å². The number of halogens is 1. The Labute approximate surface area is 125 Å². The Bertz CT molecular complexity index is 669. The van der Waals surface area contributed by atoms with Crippen LogP contribution in [0.2, 0.25) is 0 Å². The molecule has 0 aliphatic heterocycles. The van der Waals surface area contributed by atoms with E-state index < -0.39 is 10.0 Å². The van der Waals surface area contributed by atoms with Crippen molar-refractivity contribution in [2.75, 3.05) is 7.05 Å². The van der Waals surface area contributed by atoms with Gasteiger partial charge in [0.25, 0.3) is 0 Å². The van der Waals surface area contributed by atoms with Crippen molar-refractivity contribution in [3.8, 4) is 0 Å². The highest BCUT2D eigenvalue weighted by molar-refractivity contribution is 9.10. The highest BCUT2D eigenvalue weighted by Gasteiger charge is 2.23. The minimum Gasteiger partial charge on any atom is -0.248 e. The SMILES string of the molecule is Cc1ccc(S(=O)(=O)N(C)Cc2cscn2)c(Br)c1. The zero-order chi connectivity index (χ0) is 14.0. The van der Waals surface area contributed by atoms with Gasteiger partial charge in [0, 0.05) is 16.9 Å². The van der Waals surface area contributed by atoms with Crippen LogP contribution in [0.5, 0.6) is 0 Å². The maximum absolute atomic E-state index is 12.5. The van der Waals surface area contributed by atoms with Gasteiger partial charge in [-0.25, -0.2) is 13.4 Å². The third-order valence-corrected chi connectivity index (χ3v) is 6.06. The Morgan fingerprint density at radius 1 is 1.42 bits per heavy atom. The summed E-state index contributed by atoms with van der Waals surface area (Å²) in [5, 5.41) is 1.84. The molecule has 19 heavy (non-hydrogen) atoms. The number of aromatic nitrogens is 1. The molecule has 0 bridgehead atoms. The average molecular weight is 361 g/mol. The van der Waals surface area contributed by atoms with Crippen molar-refractivity contribution >= 4 is 37.3 Å². The molecule has 0 radical (unpaired) electrons. The minimum absolute atomic E-state index is 0.270. The van der Waals surface area contributed by atoms with E-state index in [1.54, 1.807) is 30.8 Å². The van der Waals surface area contributed by atoms with Crippen molar-refractivity contribution < 1.29 is 8.42 Å². The lowest BCUT2D eigenvalue weighted by Gasteiger charge is -2.17. The van der Waals surface area contributed by atoms with Crippen LogP contribution in [0, 0.1) is 6.92 Å². The molecule has 7 heteroatoms. The first-order valence-electron chi connectivity index (χ1n) is 5.51. The first-order valence-corrected chi connectivity index (χ1v) is 8.68. The molecule has 1 aromatic carbocycles. The number of thiazole rings is 1. The smallest absolute Gasteiger partial charge is 0.244 e. The molecule has 0 N–H and O–H groups in total. The van der Waals surface area contributed by atoms with Crippen molar-refractivity contribution in [2.24, 2.45) is 0 Å². The van der Waals surface area contributed by atoms with E-state index in [2.05, 4.69) is 20.9 Å². The first-order chi connectivity index (χ1) is 8.91. The molecule has 0 unspecified atom stereocenters. The van der Waals surface area contributed by atoms with Crippen molar-refractivity contribution in [2.45, 2.75) is 18.4 Å². The number of hydrogen-bond acceptors (Lipinski definition) is 4. The van der Waals surface area contributed by atoms with Crippen molar-refractivity contribution in [1.29, 1.82) is 0 Å². The summed E-state index contributed by atoms with van der Waals surface area (Å²) in [6.45, 7) is 2.19. The molecule has 0 aliphatic rings. The quantitative estimate of drug-likeness (QED) is 0.841. The fourth-order valence-electron chi connectivity index (χ4n) is 1.61. The first kappa shape index (κ1) is 14.6. The summed E-state index contributed by atoms with van der Waals surface area (Å²) < 4.78 is 26.8. The van der Waals surface area contributed by atoms with Gasteiger partial charge >= 0.3 is 0 Å². The van der Waals surface area contributed by atoms with Gasteiger partial charge in [0.1, 0.15) is 0 Å². The summed E-state index contributed by atoms with van der Waals surface area (Å²) in [7, 11) is -1.95. The van der Waals surface area contributed by atoms with E-state index in [9.17, 15) is 8.42 Å². The predicted molar refractivity (Wildman–Crippen MR) is 79.6 cm³/mol. The minimum atomic E-state index is -3.51. The number of rotatable bonds is 4. The molecule has 2 rings (SSSR count). The van der Waals surface area contributed by atoms with Crippen LogP contribution in [0.3, 0.4) is 0 Å². The van der Waals surface area contributed by atoms with E-state index in [1.807, 2.05) is 12.3 Å². The lowest BCUT2D eigenvalue weighted by molar-refractivity contribution is 0.462. The third-order valence-electron chi connectivity index (χ3n) is 2.64. The van der Waals surface area contributed by atoms with E-state index in [0.717, 1.165) is 11.3 Å². The molecule has 0 amide bonds. The van der Waals surface area contributed by atoms with Crippen LogP contribution in [0.25, 0.3) is 0 Å². The Morgan fingerprint density at radius 3 is 2.74 bits per heavy atom. The second kappa shape index (κ2) is 5.70. The van der Waals surface area contributed by atoms with Crippen LogP contribution >= 0.6 is 27.3 Å². The van der Waals surface area contributed by atoms with Gasteiger partial charge in [-0.2, -0.15) is 4.31 Å². The number of benzene rings is 1. The Hall–Kier alpha value is -0.760. The molecule has 0 saturated carbocycles. The van der Waals surface area contributed by atoms with Crippen LogP contribution in [-0.2, 0) is 16.6 Å². The number of aryl methyl sites for hydroxylation is 1. The molecule has 0 aliphatic carbocycles. The van der Waals surface area contributed by atoms with Crippen molar-refractivity contribution in [3.05, 3.63) is 44.8 Å². The summed E-state index contributed by atoms with van der Waals surface area (Å²) in [6, 6.07) is 5.20. The summed E-state index contributed by atoms with van der Waals surface area (Å²) in [4.78, 5) is 4.37. The Balaban J connectivity index is 2.31. The fraction of sp³-hybridized carbons (Fsp3) is 0.250. The van der Waals surface area contributed by atoms with Gasteiger partial charge in [0.2, 0.25) is 10.0 Å². The third kappa shape index (κ3) is 3.22. The summed E-state index contributed by atoms with van der Waals surface area (Å²) in [5.74, 6) is 0. The fourth-order valence-corrected chi connectivity index (χ4v) is 4.45. The summed E-state index contributed by atoms with van der Waals surface area (Å²) in [6.07, 6.45) is 0. The summed E-state index contributed by atoms with van der Waals surface area (Å²) >= 11 is 4.76. The second-order valence-corrected chi connectivity index (χ2v) is 7.76. The van der Waals surface area contributed by atoms with Gasteiger partial charge in [-0.3, -0.25) is 0 Å². The molecule has 0 fully saturated rings. The topological polar surface area (TPSA) is 50.3 Å². The molecular formula is C12H13BrN2O2S2. The van der Waals surface area contributed by atoms with Crippen LogP contribution < -0.4 is 0 Å². The molecule has 0 atom stereocenters. The van der Waals surface area contributed by atoms with Gasteiger partial charge in [-0.1, -0.05) is 6.07 Å². The van der Waals surface area contributed by atoms with E-state index in [-0.39, 0.29) is 11.4 Å². The number of nitrogens with zero attached hydrogens (tertiary/aromatic N) is 2. The highest BCUT2D eigenvalue weighted by atomic mass is 79.9.